The van der Waals surface area contributed by atoms with E-state index in [9.17, 15) is 0 Å². The fourth-order valence-corrected chi connectivity index (χ4v) is 2.46. The molecule has 0 heterocycles. The predicted octanol–water partition coefficient (Wildman–Crippen LogP) is 2.44. The number of nitrogens with one attached hydrogen (secondary N) is 2. The third-order valence-electron chi connectivity index (χ3n) is 3.75. The molecule has 2 fully saturated rings. The molecule has 0 atom stereocenters. The summed E-state index contributed by atoms with van der Waals surface area (Å²) in [5.41, 5.74) is 0.649. The molecule has 0 unspecified atom stereocenters. The molecule has 0 bridgehead atoms. The van der Waals surface area contributed by atoms with Gasteiger partial charge in [-0.3, -0.25) is 0 Å². The van der Waals surface area contributed by atoms with Crippen LogP contribution in [0, 0.1) is 11.3 Å². The van der Waals surface area contributed by atoms with Crippen LogP contribution >= 0.6 is 12.2 Å². The van der Waals surface area contributed by atoms with Crippen LogP contribution in [0.3, 0.4) is 0 Å². The first kappa shape index (κ1) is 11.2. The first-order valence-corrected chi connectivity index (χ1v) is 6.69. The topological polar surface area (TPSA) is 24.1 Å². The quantitative estimate of drug-likeness (QED) is 0.537. The molecule has 2 nitrogen and oxygen atoms in total. The molecule has 2 rings (SSSR count). The van der Waals surface area contributed by atoms with Crippen molar-refractivity contribution in [2.24, 2.45) is 11.3 Å². The fourth-order valence-electron chi connectivity index (χ4n) is 2.28. The Morgan fingerprint density at radius 2 is 2.07 bits per heavy atom. The first-order valence-electron chi connectivity index (χ1n) is 6.28. The zero-order chi connectivity index (χ0) is 10.7. The van der Waals surface area contributed by atoms with E-state index in [2.05, 4.69) is 17.6 Å². The first-order chi connectivity index (χ1) is 7.27. The van der Waals surface area contributed by atoms with E-state index >= 15 is 0 Å². The summed E-state index contributed by atoms with van der Waals surface area (Å²) < 4.78 is 0. The van der Waals surface area contributed by atoms with Gasteiger partial charge < -0.3 is 10.6 Å². The molecule has 0 aliphatic heterocycles. The van der Waals surface area contributed by atoms with Crippen LogP contribution in [0.5, 0.6) is 0 Å². The summed E-state index contributed by atoms with van der Waals surface area (Å²) in [4.78, 5) is 0. The molecule has 0 amide bonds. The SMILES string of the molecule is CCCCNC(=S)NCC1(C2CC2)CC1. The van der Waals surface area contributed by atoms with Crippen molar-refractivity contribution in [3.05, 3.63) is 0 Å². The van der Waals surface area contributed by atoms with Crippen LogP contribution in [0.25, 0.3) is 0 Å². The van der Waals surface area contributed by atoms with E-state index in [1.165, 1.54) is 38.5 Å². The van der Waals surface area contributed by atoms with E-state index in [-0.39, 0.29) is 0 Å². The second-order valence-corrected chi connectivity index (χ2v) is 5.51. The Bertz CT molecular complexity index is 232. The molecule has 15 heavy (non-hydrogen) atoms. The standard InChI is InChI=1S/C12H22N2S/c1-2-3-8-13-11(15)14-9-12(6-7-12)10-4-5-10/h10H,2-9H2,1H3,(H2,13,14,15). The Labute approximate surface area is 98.2 Å². The molecule has 0 aromatic heterocycles. The zero-order valence-corrected chi connectivity index (χ0v) is 10.5. The highest BCUT2D eigenvalue weighted by atomic mass is 32.1. The molecule has 0 aromatic carbocycles. The minimum Gasteiger partial charge on any atom is -0.363 e. The largest absolute Gasteiger partial charge is 0.363 e. The molecular formula is C12H22N2S. The lowest BCUT2D eigenvalue weighted by Gasteiger charge is -2.17. The van der Waals surface area contributed by atoms with Crippen LogP contribution in [0.4, 0.5) is 0 Å². The maximum absolute atomic E-state index is 5.25. The molecule has 2 N–H and O–H groups in total. The predicted molar refractivity (Wildman–Crippen MR) is 67.9 cm³/mol. The number of hydrogen-bond donors (Lipinski definition) is 2. The van der Waals surface area contributed by atoms with Gasteiger partial charge in [-0.2, -0.15) is 0 Å². The van der Waals surface area contributed by atoms with E-state index in [0.29, 0.717) is 5.41 Å². The van der Waals surface area contributed by atoms with Crippen LogP contribution in [0.1, 0.15) is 45.4 Å². The van der Waals surface area contributed by atoms with Gasteiger partial charge in [0.05, 0.1) is 0 Å². The Kier molecular flexibility index (Phi) is 3.49. The van der Waals surface area contributed by atoms with E-state index in [1.807, 2.05) is 0 Å². The average molecular weight is 226 g/mol. The van der Waals surface area contributed by atoms with Crippen molar-refractivity contribution >= 4 is 17.3 Å². The molecule has 2 saturated carbocycles. The Balaban J connectivity index is 1.58. The smallest absolute Gasteiger partial charge is 0.166 e. The Morgan fingerprint density at radius 1 is 1.33 bits per heavy atom. The lowest BCUT2D eigenvalue weighted by atomic mass is 10.0. The van der Waals surface area contributed by atoms with Crippen molar-refractivity contribution in [2.75, 3.05) is 13.1 Å². The van der Waals surface area contributed by atoms with Gasteiger partial charge >= 0.3 is 0 Å². The van der Waals surface area contributed by atoms with Crippen LogP contribution in [-0.2, 0) is 0 Å². The maximum atomic E-state index is 5.25. The fraction of sp³-hybridized carbons (Fsp3) is 0.917. The summed E-state index contributed by atoms with van der Waals surface area (Å²) in [5, 5.41) is 7.51. The second kappa shape index (κ2) is 4.69. The molecular weight excluding hydrogens is 204 g/mol. The van der Waals surface area contributed by atoms with Crippen molar-refractivity contribution in [1.82, 2.24) is 10.6 Å². The van der Waals surface area contributed by atoms with E-state index in [1.54, 1.807) is 0 Å². The molecule has 0 spiro atoms. The number of unbranched alkanes of at least 4 members (excludes halogenated alkanes) is 1. The van der Waals surface area contributed by atoms with Crippen molar-refractivity contribution in [3.8, 4) is 0 Å². The second-order valence-electron chi connectivity index (χ2n) is 5.10. The Morgan fingerprint density at radius 3 is 2.60 bits per heavy atom. The van der Waals surface area contributed by atoms with Gasteiger partial charge in [-0.1, -0.05) is 13.3 Å². The van der Waals surface area contributed by atoms with Gasteiger partial charge in [0, 0.05) is 13.1 Å². The van der Waals surface area contributed by atoms with Crippen LogP contribution in [0.15, 0.2) is 0 Å². The lowest BCUT2D eigenvalue weighted by molar-refractivity contribution is 0.432. The molecule has 0 aromatic rings. The molecule has 2 aliphatic rings. The minimum atomic E-state index is 0.649. The summed E-state index contributed by atoms with van der Waals surface area (Å²) in [6.45, 7) is 4.32. The zero-order valence-electron chi connectivity index (χ0n) is 9.64. The highest BCUT2D eigenvalue weighted by Crippen LogP contribution is 2.60. The van der Waals surface area contributed by atoms with Gasteiger partial charge in [-0.15, -0.1) is 0 Å². The minimum absolute atomic E-state index is 0.649. The molecule has 3 heteroatoms. The number of thiocarbonyl (C=S) groups is 1. The third-order valence-corrected chi connectivity index (χ3v) is 4.04. The van der Waals surface area contributed by atoms with Crippen molar-refractivity contribution < 1.29 is 0 Å². The highest BCUT2D eigenvalue weighted by molar-refractivity contribution is 7.80. The van der Waals surface area contributed by atoms with Crippen LogP contribution in [0.2, 0.25) is 0 Å². The average Bonchev–Trinajstić information content (AvgIpc) is 3.06. The van der Waals surface area contributed by atoms with Crippen molar-refractivity contribution in [2.45, 2.75) is 45.4 Å². The Hall–Kier alpha value is -0.310. The van der Waals surface area contributed by atoms with Crippen molar-refractivity contribution in [1.29, 1.82) is 0 Å². The highest BCUT2D eigenvalue weighted by Gasteiger charge is 2.53. The molecule has 2 aliphatic carbocycles. The molecule has 0 radical (unpaired) electrons. The maximum Gasteiger partial charge on any atom is 0.166 e. The number of hydrogen-bond acceptors (Lipinski definition) is 1. The summed E-state index contributed by atoms with van der Waals surface area (Å²) >= 11 is 5.25. The monoisotopic (exact) mass is 226 g/mol. The van der Waals surface area contributed by atoms with Gasteiger partial charge in [0.25, 0.3) is 0 Å². The summed E-state index contributed by atoms with van der Waals surface area (Å²) in [5.74, 6) is 1.02. The van der Waals surface area contributed by atoms with Crippen molar-refractivity contribution in [3.63, 3.8) is 0 Å². The lowest BCUT2D eigenvalue weighted by Crippen LogP contribution is -2.39. The van der Waals surface area contributed by atoms with Gasteiger partial charge in [0.2, 0.25) is 0 Å². The normalized spacial score (nSPS) is 22.2. The van der Waals surface area contributed by atoms with E-state index in [0.717, 1.165) is 24.1 Å². The molecule has 86 valence electrons. The molecule has 0 saturated heterocycles. The van der Waals surface area contributed by atoms with Gasteiger partial charge in [-0.05, 0) is 55.7 Å². The van der Waals surface area contributed by atoms with Crippen LogP contribution < -0.4 is 10.6 Å². The van der Waals surface area contributed by atoms with Gasteiger partial charge in [0.15, 0.2) is 5.11 Å². The van der Waals surface area contributed by atoms with E-state index < -0.39 is 0 Å². The summed E-state index contributed by atoms with van der Waals surface area (Å²) in [6, 6.07) is 0. The van der Waals surface area contributed by atoms with Gasteiger partial charge in [0.1, 0.15) is 0 Å². The van der Waals surface area contributed by atoms with Crippen LogP contribution in [-0.4, -0.2) is 18.2 Å². The van der Waals surface area contributed by atoms with E-state index in [4.69, 9.17) is 12.2 Å². The summed E-state index contributed by atoms with van der Waals surface area (Å²) in [7, 11) is 0. The van der Waals surface area contributed by atoms with Gasteiger partial charge in [-0.25, -0.2) is 0 Å². The number of rotatable bonds is 6. The summed E-state index contributed by atoms with van der Waals surface area (Å²) in [6.07, 6.45) is 8.18. The third kappa shape index (κ3) is 3.07.